The first-order valence-corrected chi connectivity index (χ1v) is 4.02. The number of carboxylic acid groups (broad SMARTS) is 1. The number of ether oxygens (including phenoxy) is 1. The van der Waals surface area contributed by atoms with Gasteiger partial charge in [0.2, 0.25) is 0 Å². The third-order valence-corrected chi connectivity index (χ3v) is 1.61. The summed E-state index contributed by atoms with van der Waals surface area (Å²) in [5.74, 6) is -3.37. The highest BCUT2D eigenvalue weighted by Crippen LogP contribution is 2.28. The van der Waals surface area contributed by atoms with Crippen molar-refractivity contribution in [2.75, 3.05) is 0 Å². The van der Waals surface area contributed by atoms with Crippen LogP contribution < -0.4 is 10.3 Å². The van der Waals surface area contributed by atoms with Crippen LogP contribution in [0, 0.1) is 10.1 Å². The molecule has 0 fully saturated rings. The lowest BCUT2D eigenvalue weighted by Crippen LogP contribution is -2.25. The lowest BCUT2D eigenvalue weighted by Gasteiger charge is -2.08. The van der Waals surface area contributed by atoms with E-state index in [0.717, 1.165) is 0 Å². The average molecular weight is 268 g/mol. The van der Waals surface area contributed by atoms with E-state index in [1.54, 1.807) is 0 Å². The number of rotatable bonds is 3. The maximum absolute atomic E-state index is 11.9. The van der Waals surface area contributed by atoms with Crippen LogP contribution in [0.25, 0.3) is 0 Å². The molecule has 0 aliphatic heterocycles. The number of hydrogen-bond donors (Lipinski definition) is 2. The monoisotopic (exact) mass is 268 g/mol. The molecule has 98 valence electrons. The van der Waals surface area contributed by atoms with E-state index in [-0.39, 0.29) is 6.07 Å². The van der Waals surface area contributed by atoms with Crippen LogP contribution in [0.2, 0.25) is 0 Å². The number of pyridine rings is 1. The highest BCUT2D eigenvalue weighted by Gasteiger charge is 2.36. The summed E-state index contributed by atoms with van der Waals surface area (Å²) in [5, 5.41) is 18.9. The van der Waals surface area contributed by atoms with E-state index in [9.17, 15) is 32.9 Å². The molecule has 0 unspecified atom stereocenters. The second kappa shape index (κ2) is 4.35. The maximum Gasteiger partial charge on any atom is 0.573 e. The van der Waals surface area contributed by atoms with Gasteiger partial charge in [-0.3, -0.25) is 14.9 Å². The first kappa shape index (κ1) is 13.5. The summed E-state index contributed by atoms with van der Waals surface area (Å²) in [6, 6.07) is 0.255. The maximum atomic E-state index is 11.9. The van der Waals surface area contributed by atoms with E-state index in [0.29, 0.717) is 0 Å². The van der Waals surface area contributed by atoms with Gasteiger partial charge < -0.3 is 14.8 Å². The van der Waals surface area contributed by atoms with Crippen molar-refractivity contribution in [2.45, 2.75) is 6.36 Å². The predicted molar refractivity (Wildman–Crippen MR) is 47.4 cm³/mol. The van der Waals surface area contributed by atoms with Crippen molar-refractivity contribution in [3.8, 4) is 5.75 Å². The van der Waals surface area contributed by atoms with E-state index in [1.165, 1.54) is 4.98 Å². The number of alkyl halides is 3. The molecule has 0 saturated carbocycles. The van der Waals surface area contributed by atoms with Crippen LogP contribution in [0.5, 0.6) is 5.75 Å². The van der Waals surface area contributed by atoms with Gasteiger partial charge >= 0.3 is 18.0 Å². The lowest BCUT2D eigenvalue weighted by atomic mass is 10.3. The van der Waals surface area contributed by atoms with Gasteiger partial charge in [0.25, 0.3) is 11.3 Å². The molecule has 0 atom stereocenters. The van der Waals surface area contributed by atoms with Crippen LogP contribution >= 0.6 is 0 Å². The number of aromatic amines is 1. The van der Waals surface area contributed by atoms with Gasteiger partial charge in [0, 0.05) is 0 Å². The van der Waals surface area contributed by atoms with Crippen molar-refractivity contribution in [3.63, 3.8) is 0 Å². The standard InChI is InChI=1S/C7H3F3N2O6/c8-7(9,10)18-4-3(12(16)17)1-2(6(14)15)11-5(4)13/h1H,(H,11,13)(H,14,15). The van der Waals surface area contributed by atoms with Crippen molar-refractivity contribution >= 4 is 11.7 Å². The fourth-order valence-electron chi connectivity index (χ4n) is 0.999. The Morgan fingerprint density at radius 2 is 2.06 bits per heavy atom. The summed E-state index contributed by atoms with van der Waals surface area (Å²) < 4.78 is 38.9. The molecule has 8 nitrogen and oxygen atoms in total. The SMILES string of the molecule is O=C(O)c1cc([N+](=O)[O-])c(OC(F)(F)F)c(=O)[nH]1. The summed E-state index contributed by atoms with van der Waals surface area (Å²) in [5.41, 5.74) is -3.99. The van der Waals surface area contributed by atoms with Gasteiger partial charge in [-0.15, -0.1) is 13.2 Å². The van der Waals surface area contributed by atoms with Gasteiger partial charge in [-0.1, -0.05) is 0 Å². The van der Waals surface area contributed by atoms with Crippen LogP contribution in [0.3, 0.4) is 0 Å². The Labute approximate surface area is 94.8 Å². The summed E-state index contributed by atoms with van der Waals surface area (Å²) in [4.78, 5) is 32.2. The lowest BCUT2D eigenvalue weighted by molar-refractivity contribution is -0.388. The molecule has 1 heterocycles. The van der Waals surface area contributed by atoms with Crippen molar-refractivity contribution in [2.24, 2.45) is 0 Å². The van der Waals surface area contributed by atoms with E-state index in [4.69, 9.17) is 5.11 Å². The Hall–Kier alpha value is -2.59. The summed E-state index contributed by atoms with van der Waals surface area (Å²) in [6.07, 6.45) is -5.32. The number of carbonyl (C=O) groups is 1. The molecule has 0 saturated heterocycles. The van der Waals surface area contributed by atoms with Crippen LogP contribution in [-0.4, -0.2) is 27.3 Å². The third kappa shape index (κ3) is 2.96. The van der Waals surface area contributed by atoms with Gasteiger partial charge in [0.15, 0.2) is 0 Å². The minimum absolute atomic E-state index is 0.255. The molecule has 0 radical (unpaired) electrons. The normalized spacial score (nSPS) is 11.1. The van der Waals surface area contributed by atoms with Gasteiger partial charge in [0.1, 0.15) is 5.69 Å². The van der Waals surface area contributed by atoms with Crippen molar-refractivity contribution < 1.29 is 32.7 Å². The summed E-state index contributed by atoms with van der Waals surface area (Å²) >= 11 is 0. The number of hydrogen-bond acceptors (Lipinski definition) is 5. The van der Waals surface area contributed by atoms with Gasteiger partial charge in [0.05, 0.1) is 11.0 Å². The molecule has 0 bridgehead atoms. The zero-order valence-corrected chi connectivity index (χ0v) is 8.15. The molecular formula is C7H3F3N2O6. The molecule has 1 aromatic rings. The fourth-order valence-corrected chi connectivity index (χ4v) is 0.999. The topological polar surface area (TPSA) is 123 Å². The number of nitrogens with zero attached hydrogens (tertiary/aromatic N) is 1. The molecule has 18 heavy (non-hydrogen) atoms. The molecule has 11 heteroatoms. The van der Waals surface area contributed by atoms with Gasteiger partial charge in [-0.2, -0.15) is 0 Å². The number of nitrogens with one attached hydrogen (secondary N) is 1. The molecule has 1 aromatic heterocycles. The molecule has 0 aliphatic carbocycles. The Morgan fingerprint density at radius 3 is 2.44 bits per heavy atom. The smallest absolute Gasteiger partial charge is 0.477 e. The van der Waals surface area contributed by atoms with Gasteiger partial charge in [-0.05, 0) is 0 Å². The molecule has 2 N–H and O–H groups in total. The van der Waals surface area contributed by atoms with Crippen LogP contribution in [-0.2, 0) is 0 Å². The Balaban J connectivity index is 3.47. The summed E-state index contributed by atoms with van der Waals surface area (Å²) in [7, 11) is 0. The van der Waals surface area contributed by atoms with Crippen LogP contribution in [0.1, 0.15) is 10.5 Å². The molecule has 0 aromatic carbocycles. The number of carboxylic acids is 1. The van der Waals surface area contributed by atoms with Crippen molar-refractivity contribution in [1.82, 2.24) is 4.98 Å². The second-order valence-corrected chi connectivity index (χ2v) is 2.84. The summed E-state index contributed by atoms with van der Waals surface area (Å²) in [6.45, 7) is 0. The number of nitro groups is 1. The van der Waals surface area contributed by atoms with E-state index in [2.05, 4.69) is 4.74 Å². The molecule has 0 aliphatic rings. The second-order valence-electron chi connectivity index (χ2n) is 2.84. The third-order valence-electron chi connectivity index (χ3n) is 1.61. The first-order chi connectivity index (χ1) is 8.11. The first-order valence-electron chi connectivity index (χ1n) is 4.02. The van der Waals surface area contributed by atoms with Crippen molar-refractivity contribution in [1.29, 1.82) is 0 Å². The van der Waals surface area contributed by atoms with E-state index < -0.39 is 39.9 Å². The highest BCUT2D eigenvalue weighted by atomic mass is 19.4. The quantitative estimate of drug-likeness (QED) is 0.619. The molecule has 0 spiro atoms. The average Bonchev–Trinajstić information content (AvgIpc) is 2.18. The number of H-pyrrole nitrogens is 1. The minimum atomic E-state index is -5.32. The van der Waals surface area contributed by atoms with E-state index >= 15 is 0 Å². The largest absolute Gasteiger partial charge is 0.573 e. The number of aromatic nitrogens is 1. The predicted octanol–water partition coefficient (Wildman–Crippen LogP) is 0.880. The fraction of sp³-hybridized carbons (Fsp3) is 0.143. The highest BCUT2D eigenvalue weighted by molar-refractivity contribution is 5.86. The molecule has 1 rings (SSSR count). The number of aromatic carboxylic acids is 1. The van der Waals surface area contributed by atoms with Gasteiger partial charge in [-0.25, -0.2) is 4.79 Å². The van der Waals surface area contributed by atoms with E-state index in [1.807, 2.05) is 0 Å². The van der Waals surface area contributed by atoms with Crippen molar-refractivity contribution in [3.05, 3.63) is 32.2 Å². The molecular weight excluding hydrogens is 265 g/mol. The zero-order chi connectivity index (χ0) is 14.1. The van der Waals surface area contributed by atoms with Crippen LogP contribution in [0.4, 0.5) is 18.9 Å². The zero-order valence-electron chi connectivity index (χ0n) is 8.15. The Morgan fingerprint density at radius 1 is 1.50 bits per heavy atom. The minimum Gasteiger partial charge on any atom is -0.477 e. The Kier molecular flexibility index (Phi) is 3.26. The molecule has 0 amide bonds. The number of halogens is 3. The van der Waals surface area contributed by atoms with Crippen LogP contribution in [0.15, 0.2) is 10.9 Å². The Bertz CT molecular complexity index is 563.